The van der Waals surface area contributed by atoms with Gasteiger partial charge in [-0.05, 0) is 70.2 Å². The summed E-state index contributed by atoms with van der Waals surface area (Å²) in [7, 11) is 0. The predicted molar refractivity (Wildman–Crippen MR) is 176 cm³/mol. The molecule has 1 unspecified atom stereocenters. The van der Waals surface area contributed by atoms with E-state index in [-0.39, 0.29) is 35.6 Å². The van der Waals surface area contributed by atoms with Crippen LogP contribution in [-0.2, 0) is 41.5 Å². The van der Waals surface area contributed by atoms with Crippen LogP contribution in [0.15, 0.2) is 54.1 Å². The molecule has 2 aromatic carbocycles. The van der Waals surface area contributed by atoms with E-state index in [1.165, 1.54) is 93.3 Å². The Balaban J connectivity index is 0.000000262. The van der Waals surface area contributed by atoms with Gasteiger partial charge in [-0.15, -0.1) is 19.4 Å². The molecular formula is C40H48Cl2Zr-2. The van der Waals surface area contributed by atoms with E-state index in [1.54, 1.807) is 27.4 Å². The molecule has 5 aliphatic rings. The van der Waals surface area contributed by atoms with Crippen molar-refractivity contribution in [3.05, 3.63) is 100 Å². The van der Waals surface area contributed by atoms with Gasteiger partial charge in [0.05, 0.1) is 0 Å². The number of benzene rings is 2. The van der Waals surface area contributed by atoms with E-state index >= 15 is 0 Å². The zero-order valence-electron chi connectivity index (χ0n) is 27.5. The molecule has 1 atom stereocenters. The monoisotopic (exact) mass is 688 g/mol. The van der Waals surface area contributed by atoms with E-state index in [0.29, 0.717) is 5.92 Å². The Hall–Kier alpha value is -1.40. The SMILES string of the molecule is CC1=CC(C)[C-]=C1.CC1=C[CH-]C(C)(C)c2cc3c(cc21)-c1cc2c(cc1C3)C(C)(C)CC=C2C.[Cl-].[Cl-].[Zr+2]=[C]1CCCCC1. The molecule has 43 heavy (non-hydrogen) atoms. The molecule has 2 aromatic rings. The first-order chi connectivity index (χ1) is 19.4. The molecule has 228 valence electrons. The molecule has 7 rings (SSSR count). The first kappa shape index (κ1) is 36.1. The molecule has 1 fully saturated rings. The van der Waals surface area contributed by atoms with E-state index in [2.05, 4.69) is 110 Å². The first-order valence-corrected chi connectivity index (χ1v) is 17.0. The van der Waals surface area contributed by atoms with Crippen LogP contribution in [0, 0.1) is 18.4 Å². The quantitative estimate of drug-likeness (QED) is 0.296. The molecule has 0 nitrogen and oxygen atoms in total. The summed E-state index contributed by atoms with van der Waals surface area (Å²) in [5, 5.41) is 0. The summed E-state index contributed by atoms with van der Waals surface area (Å²) in [6.45, 7) is 18.2. The van der Waals surface area contributed by atoms with Gasteiger partial charge in [-0.1, -0.05) is 75.8 Å². The minimum absolute atomic E-state index is 0. The standard InChI is InChI=1S/C27H29.C7H9.C6H10.2ClH.Zr/c1-16-7-9-26(3,4)24-12-18-11-19-13-25-21(17(2)8-10-27(25,5)6)15-23(19)22(18)14-20(16)24;1-6-3-4-7(2)5-6;1-2-4-6-5-3-1;;;/h7-9,12-15H,10-11H2,1-6H3;3,5,7H,1-2H3;1-5H2;2*1H;/q2*-1;;;;+2/p-2. The van der Waals surface area contributed by atoms with Crippen molar-refractivity contribution in [1.29, 1.82) is 0 Å². The Morgan fingerprint density at radius 1 is 0.791 bits per heavy atom. The summed E-state index contributed by atoms with van der Waals surface area (Å²) in [5.74, 6) is 0.556. The molecule has 0 N–H and O–H groups in total. The van der Waals surface area contributed by atoms with Gasteiger partial charge in [0.15, 0.2) is 0 Å². The van der Waals surface area contributed by atoms with Gasteiger partial charge >= 0.3 is 59.5 Å². The van der Waals surface area contributed by atoms with Gasteiger partial charge < -0.3 is 24.8 Å². The Morgan fingerprint density at radius 2 is 1.37 bits per heavy atom. The van der Waals surface area contributed by atoms with Crippen molar-refractivity contribution in [2.45, 2.75) is 111 Å². The summed E-state index contributed by atoms with van der Waals surface area (Å²) in [6.07, 6.45) is 24.0. The minimum atomic E-state index is 0. The zero-order chi connectivity index (χ0) is 29.5. The fourth-order valence-corrected chi connectivity index (χ4v) is 7.78. The van der Waals surface area contributed by atoms with Crippen molar-refractivity contribution in [3.63, 3.8) is 0 Å². The van der Waals surface area contributed by atoms with Crippen molar-refractivity contribution in [2.75, 3.05) is 0 Å². The number of hydrogen-bond donors (Lipinski definition) is 0. The first-order valence-electron chi connectivity index (χ1n) is 15.8. The predicted octanol–water partition coefficient (Wildman–Crippen LogP) is 4.86. The van der Waals surface area contributed by atoms with Gasteiger partial charge in [0.1, 0.15) is 0 Å². The van der Waals surface area contributed by atoms with Crippen LogP contribution < -0.4 is 24.8 Å². The van der Waals surface area contributed by atoms with Crippen LogP contribution in [0.4, 0.5) is 0 Å². The van der Waals surface area contributed by atoms with Crippen LogP contribution in [0.5, 0.6) is 0 Å². The van der Waals surface area contributed by atoms with E-state index in [4.69, 9.17) is 0 Å². The third-order valence-electron chi connectivity index (χ3n) is 9.64. The average molecular weight is 691 g/mol. The topological polar surface area (TPSA) is 0 Å². The number of fused-ring (bicyclic) bond motifs is 5. The summed E-state index contributed by atoms with van der Waals surface area (Å²) in [5.41, 5.74) is 16.3. The fraction of sp³-hybridized carbons (Fsp3) is 0.450. The molecule has 0 amide bonds. The van der Waals surface area contributed by atoms with Crippen molar-refractivity contribution >= 4 is 14.4 Å². The van der Waals surface area contributed by atoms with Crippen molar-refractivity contribution in [1.82, 2.24) is 0 Å². The molecule has 0 aromatic heterocycles. The molecule has 0 bridgehead atoms. The normalized spacial score (nSPS) is 21.2. The molecule has 1 saturated carbocycles. The Bertz CT molecular complexity index is 1400. The Kier molecular flexibility index (Phi) is 12.0. The number of hydrogen-bond acceptors (Lipinski definition) is 0. The summed E-state index contributed by atoms with van der Waals surface area (Å²) in [4.78, 5) is 0. The van der Waals surface area contributed by atoms with Crippen LogP contribution >= 0.6 is 0 Å². The molecule has 0 aliphatic heterocycles. The summed E-state index contributed by atoms with van der Waals surface area (Å²) >= 11 is 1.69. The van der Waals surface area contributed by atoms with E-state index in [9.17, 15) is 0 Å². The van der Waals surface area contributed by atoms with Gasteiger partial charge in [0.2, 0.25) is 0 Å². The van der Waals surface area contributed by atoms with Crippen LogP contribution in [0.2, 0.25) is 0 Å². The van der Waals surface area contributed by atoms with Gasteiger partial charge in [0.25, 0.3) is 0 Å². The van der Waals surface area contributed by atoms with Gasteiger partial charge in [-0.2, -0.15) is 11.6 Å². The van der Waals surface area contributed by atoms with Crippen molar-refractivity contribution in [3.8, 4) is 11.1 Å². The van der Waals surface area contributed by atoms with Gasteiger partial charge in [-0.25, -0.2) is 24.1 Å². The van der Waals surface area contributed by atoms with Crippen LogP contribution in [0.25, 0.3) is 22.3 Å². The number of halogens is 2. The third kappa shape index (κ3) is 7.88. The maximum absolute atomic E-state index is 3.15. The maximum atomic E-state index is 3.15. The Morgan fingerprint density at radius 3 is 1.86 bits per heavy atom. The second kappa shape index (κ2) is 14.4. The molecule has 0 saturated heterocycles. The molecule has 5 aliphatic carbocycles. The van der Waals surface area contributed by atoms with Crippen LogP contribution in [0.3, 0.4) is 0 Å². The molecule has 0 radical (unpaired) electrons. The molecule has 0 heterocycles. The van der Waals surface area contributed by atoms with Crippen molar-refractivity contribution < 1.29 is 49.0 Å². The summed E-state index contributed by atoms with van der Waals surface area (Å²) < 4.78 is 1.80. The number of allylic oxidation sites excluding steroid dienone is 8. The third-order valence-corrected chi connectivity index (χ3v) is 10.9. The van der Waals surface area contributed by atoms with Crippen molar-refractivity contribution in [2.24, 2.45) is 5.92 Å². The van der Waals surface area contributed by atoms with E-state index in [1.807, 2.05) is 6.08 Å². The van der Waals surface area contributed by atoms with E-state index in [0.717, 1.165) is 12.8 Å². The molecule has 0 spiro atoms. The second-order valence-electron chi connectivity index (χ2n) is 14.2. The average Bonchev–Trinajstić information content (AvgIpc) is 3.49. The molecular weight excluding hydrogens is 643 g/mol. The molecule has 3 heteroatoms. The van der Waals surface area contributed by atoms with E-state index < -0.39 is 0 Å². The Labute approximate surface area is 289 Å². The second-order valence-corrected chi connectivity index (χ2v) is 15.9. The van der Waals surface area contributed by atoms with Crippen LogP contribution in [0.1, 0.15) is 127 Å². The zero-order valence-corrected chi connectivity index (χ0v) is 31.4. The summed E-state index contributed by atoms with van der Waals surface area (Å²) in [6, 6.07) is 9.95. The van der Waals surface area contributed by atoms with Gasteiger partial charge in [0, 0.05) is 0 Å². The number of rotatable bonds is 0. The fourth-order valence-electron chi connectivity index (χ4n) is 6.91. The van der Waals surface area contributed by atoms with Gasteiger partial charge in [-0.3, -0.25) is 6.08 Å². The van der Waals surface area contributed by atoms with Crippen LogP contribution in [-0.4, -0.2) is 3.21 Å².